The third-order valence-electron chi connectivity index (χ3n) is 7.95. The molecule has 0 aromatic heterocycles. The van der Waals surface area contributed by atoms with E-state index in [1.807, 2.05) is 12.2 Å². The second kappa shape index (κ2) is 35.7. The second-order valence-electron chi connectivity index (χ2n) is 12.5. The zero-order valence-electron chi connectivity index (χ0n) is 29.7. The summed E-state index contributed by atoms with van der Waals surface area (Å²) in [6.45, 7) is 3.92. The van der Waals surface area contributed by atoms with E-state index in [1.54, 1.807) is 0 Å². The summed E-state index contributed by atoms with van der Waals surface area (Å²) in [5, 5.41) is 19.3. The lowest BCUT2D eigenvalue weighted by Gasteiger charge is -2.15. The Bertz CT molecular complexity index is 800. The number of unbranched alkanes of at least 4 members (excludes halogenated alkanes) is 15. The lowest BCUT2D eigenvalue weighted by Crippen LogP contribution is -2.28. The van der Waals surface area contributed by atoms with Gasteiger partial charge in [-0.2, -0.15) is 0 Å². The van der Waals surface area contributed by atoms with Crippen molar-refractivity contribution < 1.29 is 29.3 Å². The van der Waals surface area contributed by atoms with E-state index >= 15 is 0 Å². The monoisotopic (exact) mass is 647 g/mol. The summed E-state index contributed by atoms with van der Waals surface area (Å²) in [7, 11) is 0. The maximum absolute atomic E-state index is 12.1. The number of carbonyl (C=O) groups is 2. The van der Waals surface area contributed by atoms with Crippen LogP contribution in [0, 0.1) is 0 Å². The molecule has 0 rings (SSSR count). The van der Waals surface area contributed by atoms with Crippen molar-refractivity contribution in [1.82, 2.24) is 0 Å². The predicted molar refractivity (Wildman–Crippen MR) is 193 cm³/mol. The van der Waals surface area contributed by atoms with Crippen LogP contribution in [0.25, 0.3) is 0 Å². The molecule has 0 bridgehead atoms. The Morgan fingerprint density at radius 1 is 0.587 bits per heavy atom. The molecule has 46 heavy (non-hydrogen) atoms. The van der Waals surface area contributed by atoms with Gasteiger partial charge in [-0.15, -0.1) is 0 Å². The molecule has 0 saturated heterocycles. The zero-order valence-corrected chi connectivity index (χ0v) is 29.7. The molecule has 0 saturated carbocycles. The average molecular weight is 647 g/mol. The minimum atomic E-state index is -0.801. The SMILES string of the molecule is CCCCCCCCCCCCCCCCC(=O)O[C@@H](CO)COC(=O)CCC/C=C\C/C=C\C/C=C\C/C=C\[C@@H](O)CCCC. The van der Waals surface area contributed by atoms with E-state index in [0.29, 0.717) is 19.3 Å². The van der Waals surface area contributed by atoms with Gasteiger partial charge in [-0.1, -0.05) is 159 Å². The molecule has 6 nitrogen and oxygen atoms in total. The number of hydrogen-bond donors (Lipinski definition) is 2. The minimum Gasteiger partial charge on any atom is -0.462 e. The number of rotatable bonds is 33. The van der Waals surface area contributed by atoms with E-state index in [4.69, 9.17) is 9.47 Å². The Labute approximate surface area is 282 Å². The van der Waals surface area contributed by atoms with Crippen molar-refractivity contribution >= 4 is 11.9 Å². The molecule has 0 aliphatic rings. The number of allylic oxidation sites excluding steroid dienone is 7. The first-order valence-electron chi connectivity index (χ1n) is 18.8. The smallest absolute Gasteiger partial charge is 0.306 e. The third kappa shape index (κ3) is 33.2. The molecule has 0 aromatic rings. The summed E-state index contributed by atoms with van der Waals surface area (Å²) in [5.74, 6) is -0.679. The molecule has 0 amide bonds. The molecule has 2 N–H and O–H groups in total. The Morgan fingerprint density at radius 3 is 1.61 bits per heavy atom. The first-order chi connectivity index (χ1) is 22.5. The fraction of sp³-hybridized carbons (Fsp3) is 0.750. The standard InChI is InChI=1S/C40H70O6/c1-3-5-7-8-9-10-11-12-13-18-21-24-27-30-34-40(44)46-38(35-41)36-45-39(43)33-29-26-23-20-17-15-14-16-19-22-25-28-32-37(42)31-6-4-2/h14-15,19-20,22-23,28,32,37-38,41-42H,3-13,16-18,21,24-27,29-31,33-36H2,1-2H3/b15-14-,22-19-,23-20-,32-28-/t37-,38-/m0/s1. The summed E-state index contributed by atoms with van der Waals surface area (Å²) in [6, 6.07) is 0. The molecular weight excluding hydrogens is 576 g/mol. The van der Waals surface area contributed by atoms with Crippen LogP contribution in [0.1, 0.15) is 168 Å². The molecule has 0 heterocycles. The van der Waals surface area contributed by atoms with E-state index in [1.165, 1.54) is 70.6 Å². The Balaban J connectivity index is 3.70. The van der Waals surface area contributed by atoms with Gasteiger partial charge in [0.2, 0.25) is 0 Å². The van der Waals surface area contributed by atoms with Crippen LogP contribution in [-0.2, 0) is 19.1 Å². The molecule has 0 aromatic carbocycles. The highest BCUT2D eigenvalue weighted by Crippen LogP contribution is 2.14. The maximum Gasteiger partial charge on any atom is 0.306 e. The van der Waals surface area contributed by atoms with Crippen molar-refractivity contribution in [3.63, 3.8) is 0 Å². The highest BCUT2D eigenvalue weighted by Gasteiger charge is 2.16. The minimum absolute atomic E-state index is 0.105. The molecule has 0 unspecified atom stereocenters. The van der Waals surface area contributed by atoms with Gasteiger partial charge in [-0.25, -0.2) is 0 Å². The Hall–Kier alpha value is -2.18. The summed E-state index contributed by atoms with van der Waals surface area (Å²) in [4.78, 5) is 24.2. The number of ether oxygens (including phenoxy) is 2. The summed E-state index contributed by atoms with van der Waals surface area (Å²) >= 11 is 0. The summed E-state index contributed by atoms with van der Waals surface area (Å²) < 4.78 is 10.5. The molecule has 0 aliphatic carbocycles. The van der Waals surface area contributed by atoms with Crippen LogP contribution in [0.4, 0.5) is 0 Å². The fourth-order valence-electron chi connectivity index (χ4n) is 5.03. The van der Waals surface area contributed by atoms with E-state index in [2.05, 4.69) is 50.3 Å². The van der Waals surface area contributed by atoms with Crippen molar-refractivity contribution in [3.8, 4) is 0 Å². The van der Waals surface area contributed by atoms with Gasteiger partial charge in [0.15, 0.2) is 6.10 Å². The van der Waals surface area contributed by atoms with Crippen LogP contribution in [-0.4, -0.2) is 47.6 Å². The fourth-order valence-corrected chi connectivity index (χ4v) is 5.03. The van der Waals surface area contributed by atoms with E-state index in [0.717, 1.165) is 64.2 Å². The highest BCUT2D eigenvalue weighted by molar-refractivity contribution is 5.70. The van der Waals surface area contributed by atoms with Crippen molar-refractivity contribution in [2.45, 2.75) is 180 Å². The van der Waals surface area contributed by atoms with E-state index in [9.17, 15) is 19.8 Å². The second-order valence-corrected chi connectivity index (χ2v) is 12.5. The van der Waals surface area contributed by atoms with Crippen molar-refractivity contribution in [1.29, 1.82) is 0 Å². The van der Waals surface area contributed by atoms with Gasteiger partial charge < -0.3 is 19.7 Å². The quantitative estimate of drug-likeness (QED) is 0.0419. The molecular formula is C40H70O6. The van der Waals surface area contributed by atoms with Crippen molar-refractivity contribution in [3.05, 3.63) is 48.6 Å². The number of hydrogen-bond acceptors (Lipinski definition) is 6. The van der Waals surface area contributed by atoms with Crippen LogP contribution in [0.2, 0.25) is 0 Å². The molecule has 0 spiro atoms. The first-order valence-corrected chi connectivity index (χ1v) is 18.8. The average Bonchev–Trinajstić information content (AvgIpc) is 3.05. The molecule has 0 aliphatic heterocycles. The number of aliphatic hydroxyl groups excluding tert-OH is 2. The largest absolute Gasteiger partial charge is 0.462 e. The first kappa shape index (κ1) is 43.8. The summed E-state index contributed by atoms with van der Waals surface area (Å²) in [5.41, 5.74) is 0. The molecule has 0 radical (unpaired) electrons. The van der Waals surface area contributed by atoms with Crippen LogP contribution in [0.15, 0.2) is 48.6 Å². The zero-order chi connectivity index (χ0) is 33.8. The van der Waals surface area contributed by atoms with Gasteiger partial charge >= 0.3 is 11.9 Å². The maximum atomic E-state index is 12.1. The topological polar surface area (TPSA) is 93.1 Å². The van der Waals surface area contributed by atoms with Gasteiger partial charge in [0, 0.05) is 12.8 Å². The number of aliphatic hydroxyl groups is 2. The van der Waals surface area contributed by atoms with Gasteiger partial charge in [-0.3, -0.25) is 9.59 Å². The van der Waals surface area contributed by atoms with Gasteiger partial charge in [0.1, 0.15) is 6.61 Å². The van der Waals surface area contributed by atoms with Gasteiger partial charge in [0.25, 0.3) is 0 Å². The van der Waals surface area contributed by atoms with Gasteiger partial charge in [-0.05, 0) is 44.9 Å². The third-order valence-corrected chi connectivity index (χ3v) is 7.95. The van der Waals surface area contributed by atoms with Gasteiger partial charge in [0.05, 0.1) is 12.7 Å². The highest BCUT2D eigenvalue weighted by atomic mass is 16.6. The molecule has 6 heteroatoms. The molecule has 2 atom stereocenters. The van der Waals surface area contributed by atoms with Crippen molar-refractivity contribution in [2.24, 2.45) is 0 Å². The van der Waals surface area contributed by atoms with E-state index < -0.39 is 6.10 Å². The molecule has 0 fully saturated rings. The number of esters is 2. The predicted octanol–water partition coefficient (Wildman–Crippen LogP) is 10.4. The Kier molecular flexibility index (Phi) is 34.0. The lowest BCUT2D eigenvalue weighted by atomic mass is 10.0. The number of carbonyl (C=O) groups excluding carboxylic acids is 2. The van der Waals surface area contributed by atoms with Crippen LogP contribution >= 0.6 is 0 Å². The van der Waals surface area contributed by atoms with Crippen LogP contribution in [0.5, 0.6) is 0 Å². The normalized spacial score (nSPS) is 13.4. The van der Waals surface area contributed by atoms with Crippen LogP contribution in [0.3, 0.4) is 0 Å². The van der Waals surface area contributed by atoms with Crippen LogP contribution < -0.4 is 0 Å². The Morgan fingerprint density at radius 2 is 1.07 bits per heavy atom. The molecule has 266 valence electrons. The van der Waals surface area contributed by atoms with E-state index in [-0.39, 0.29) is 31.3 Å². The summed E-state index contributed by atoms with van der Waals surface area (Å²) in [6.07, 6.45) is 40.8. The van der Waals surface area contributed by atoms with Crippen molar-refractivity contribution in [2.75, 3.05) is 13.2 Å². The lowest BCUT2D eigenvalue weighted by molar-refractivity contribution is -0.161.